The van der Waals surface area contributed by atoms with E-state index in [9.17, 15) is 9.90 Å². The highest BCUT2D eigenvalue weighted by atomic mass is 16.4. The number of aliphatic hydroxyl groups excluding tert-OH is 1. The molecule has 3 heteroatoms. The maximum Gasteiger partial charge on any atom is 0.332 e. The molecular weight excluding hydrogens is 228 g/mol. The van der Waals surface area contributed by atoms with Crippen molar-refractivity contribution >= 4 is 5.97 Å². The molecule has 4 aliphatic rings. The topological polar surface area (TPSA) is 57.5 Å². The fourth-order valence-electron chi connectivity index (χ4n) is 4.75. The Morgan fingerprint density at radius 1 is 1.11 bits per heavy atom. The third-order valence-corrected chi connectivity index (χ3v) is 5.30. The summed E-state index contributed by atoms with van der Waals surface area (Å²) in [5, 5.41) is 17.9. The van der Waals surface area contributed by atoms with Gasteiger partial charge in [-0.1, -0.05) is 12.2 Å². The van der Waals surface area contributed by atoms with Gasteiger partial charge in [-0.15, -0.1) is 0 Å². The molecule has 0 radical (unpaired) electrons. The number of carboxylic acid groups (broad SMARTS) is 1. The number of aliphatic hydroxyl groups is 1. The minimum Gasteiger partial charge on any atom is -0.479 e. The number of hydrogen-bond donors (Lipinski definition) is 2. The van der Waals surface area contributed by atoms with Crippen molar-refractivity contribution in [2.24, 2.45) is 29.6 Å². The first-order valence-corrected chi connectivity index (χ1v) is 7.21. The first-order valence-electron chi connectivity index (χ1n) is 7.21. The highest BCUT2D eigenvalue weighted by molar-refractivity contribution is 5.72. The second-order valence-corrected chi connectivity index (χ2v) is 6.53. The first kappa shape index (κ1) is 12.2. The highest BCUT2D eigenvalue weighted by Crippen LogP contribution is 2.56. The standard InChI is InChI=1S/C15H22O3/c16-14(15(17)18)3-1-2-13-11-5-9-4-10(7-11)8-12(13)6-9/h1-2,9-14,16H,3-8H2,(H,17,18)/b2-1+. The van der Waals surface area contributed by atoms with Gasteiger partial charge in [0, 0.05) is 6.42 Å². The van der Waals surface area contributed by atoms with Gasteiger partial charge in [0.2, 0.25) is 0 Å². The van der Waals surface area contributed by atoms with Gasteiger partial charge in [-0.25, -0.2) is 4.79 Å². The quantitative estimate of drug-likeness (QED) is 0.753. The van der Waals surface area contributed by atoms with Gasteiger partial charge in [0.25, 0.3) is 0 Å². The van der Waals surface area contributed by atoms with E-state index in [1.54, 1.807) is 0 Å². The van der Waals surface area contributed by atoms with Crippen molar-refractivity contribution in [1.29, 1.82) is 0 Å². The van der Waals surface area contributed by atoms with E-state index in [1.807, 2.05) is 6.08 Å². The van der Waals surface area contributed by atoms with Crippen LogP contribution >= 0.6 is 0 Å². The second-order valence-electron chi connectivity index (χ2n) is 6.53. The fourth-order valence-corrected chi connectivity index (χ4v) is 4.75. The molecular formula is C15H22O3. The Morgan fingerprint density at radius 2 is 1.67 bits per heavy atom. The Balaban J connectivity index is 1.60. The van der Waals surface area contributed by atoms with Crippen molar-refractivity contribution in [3.63, 3.8) is 0 Å². The van der Waals surface area contributed by atoms with E-state index in [2.05, 4.69) is 6.08 Å². The lowest BCUT2D eigenvalue weighted by molar-refractivity contribution is -0.146. The molecule has 1 unspecified atom stereocenters. The molecule has 4 saturated carbocycles. The van der Waals surface area contributed by atoms with Crippen molar-refractivity contribution in [3.8, 4) is 0 Å². The lowest BCUT2D eigenvalue weighted by Gasteiger charge is -2.53. The van der Waals surface area contributed by atoms with E-state index in [0.717, 1.165) is 23.7 Å². The molecule has 0 aliphatic heterocycles. The summed E-state index contributed by atoms with van der Waals surface area (Å²) in [5.74, 6) is 3.14. The van der Waals surface area contributed by atoms with Gasteiger partial charge in [0.15, 0.2) is 6.10 Å². The Morgan fingerprint density at radius 3 is 2.17 bits per heavy atom. The summed E-state index contributed by atoms with van der Waals surface area (Å²) < 4.78 is 0. The van der Waals surface area contributed by atoms with Crippen LogP contribution < -0.4 is 0 Å². The SMILES string of the molecule is O=C(O)C(O)C/C=C/C1C2CC3CC(C2)CC1C3. The van der Waals surface area contributed by atoms with Crippen LogP contribution in [0.3, 0.4) is 0 Å². The smallest absolute Gasteiger partial charge is 0.332 e. The van der Waals surface area contributed by atoms with Crippen molar-refractivity contribution in [1.82, 2.24) is 0 Å². The Labute approximate surface area is 108 Å². The lowest BCUT2D eigenvalue weighted by atomic mass is 9.52. The highest BCUT2D eigenvalue weighted by Gasteiger charge is 2.46. The summed E-state index contributed by atoms with van der Waals surface area (Å²) in [7, 11) is 0. The summed E-state index contributed by atoms with van der Waals surface area (Å²) in [6.07, 6.45) is 10.1. The van der Waals surface area contributed by atoms with Gasteiger partial charge in [0.05, 0.1) is 0 Å². The fraction of sp³-hybridized carbons (Fsp3) is 0.800. The molecule has 4 aliphatic carbocycles. The average Bonchev–Trinajstić information content (AvgIpc) is 2.31. The number of hydrogen-bond acceptors (Lipinski definition) is 2. The second kappa shape index (κ2) is 4.69. The number of allylic oxidation sites excluding steroid dienone is 1. The largest absolute Gasteiger partial charge is 0.479 e. The Bertz CT molecular complexity index is 333. The van der Waals surface area contributed by atoms with Crippen LogP contribution in [0.2, 0.25) is 0 Å². The van der Waals surface area contributed by atoms with E-state index >= 15 is 0 Å². The van der Waals surface area contributed by atoms with Crippen molar-refractivity contribution in [2.45, 2.75) is 44.6 Å². The van der Waals surface area contributed by atoms with E-state index in [-0.39, 0.29) is 6.42 Å². The molecule has 1 atom stereocenters. The van der Waals surface area contributed by atoms with Crippen LogP contribution in [0.25, 0.3) is 0 Å². The van der Waals surface area contributed by atoms with Crippen molar-refractivity contribution < 1.29 is 15.0 Å². The maximum atomic E-state index is 10.5. The summed E-state index contributed by atoms with van der Waals surface area (Å²) >= 11 is 0. The van der Waals surface area contributed by atoms with Crippen LogP contribution in [0, 0.1) is 29.6 Å². The summed E-state index contributed by atoms with van der Waals surface area (Å²) in [5.41, 5.74) is 0. The number of carbonyl (C=O) groups is 1. The predicted octanol–water partition coefficient (Wildman–Crippen LogP) is 2.45. The Hall–Kier alpha value is -0.830. The maximum absolute atomic E-state index is 10.5. The van der Waals surface area contributed by atoms with E-state index < -0.39 is 12.1 Å². The van der Waals surface area contributed by atoms with Crippen LogP contribution in [-0.2, 0) is 4.79 Å². The molecule has 0 aromatic carbocycles. The third-order valence-electron chi connectivity index (χ3n) is 5.30. The zero-order chi connectivity index (χ0) is 12.7. The molecule has 0 amide bonds. The third kappa shape index (κ3) is 2.20. The van der Waals surface area contributed by atoms with Crippen molar-refractivity contribution in [2.75, 3.05) is 0 Å². The van der Waals surface area contributed by atoms with Gasteiger partial charge < -0.3 is 10.2 Å². The Kier molecular flexibility index (Phi) is 3.18. The van der Waals surface area contributed by atoms with Crippen LogP contribution in [0.15, 0.2) is 12.2 Å². The van der Waals surface area contributed by atoms with Gasteiger partial charge in [-0.3, -0.25) is 0 Å². The molecule has 18 heavy (non-hydrogen) atoms. The number of carboxylic acids is 1. The van der Waals surface area contributed by atoms with E-state index in [4.69, 9.17) is 5.11 Å². The zero-order valence-electron chi connectivity index (χ0n) is 10.7. The van der Waals surface area contributed by atoms with Gasteiger partial charge in [-0.05, 0) is 61.7 Å². The molecule has 0 saturated heterocycles. The van der Waals surface area contributed by atoms with Crippen LogP contribution in [-0.4, -0.2) is 22.3 Å². The molecule has 2 N–H and O–H groups in total. The van der Waals surface area contributed by atoms with E-state index in [1.165, 1.54) is 32.1 Å². The molecule has 0 aromatic heterocycles. The minimum atomic E-state index is -1.24. The monoisotopic (exact) mass is 250 g/mol. The molecule has 3 nitrogen and oxygen atoms in total. The first-order chi connectivity index (χ1) is 8.63. The summed E-state index contributed by atoms with van der Waals surface area (Å²) in [6.45, 7) is 0. The normalized spacial score (nSPS) is 43.5. The molecule has 4 bridgehead atoms. The number of aliphatic carboxylic acids is 1. The van der Waals surface area contributed by atoms with Crippen molar-refractivity contribution in [3.05, 3.63) is 12.2 Å². The van der Waals surface area contributed by atoms with Gasteiger partial charge in [0.1, 0.15) is 0 Å². The average molecular weight is 250 g/mol. The predicted molar refractivity (Wildman–Crippen MR) is 67.9 cm³/mol. The van der Waals surface area contributed by atoms with Crippen LogP contribution in [0.4, 0.5) is 0 Å². The van der Waals surface area contributed by atoms with Gasteiger partial charge >= 0.3 is 5.97 Å². The minimum absolute atomic E-state index is 0.248. The van der Waals surface area contributed by atoms with E-state index in [0.29, 0.717) is 5.92 Å². The lowest BCUT2D eigenvalue weighted by Crippen LogP contribution is -2.44. The molecule has 0 heterocycles. The molecule has 4 rings (SSSR count). The number of rotatable bonds is 4. The summed E-state index contributed by atoms with van der Waals surface area (Å²) in [6, 6.07) is 0. The van der Waals surface area contributed by atoms with Crippen LogP contribution in [0.1, 0.15) is 38.5 Å². The molecule has 0 aromatic rings. The summed E-state index contributed by atoms with van der Waals surface area (Å²) in [4.78, 5) is 10.5. The zero-order valence-corrected chi connectivity index (χ0v) is 10.7. The van der Waals surface area contributed by atoms with Crippen LogP contribution in [0.5, 0.6) is 0 Å². The molecule has 100 valence electrons. The molecule has 4 fully saturated rings. The molecule has 0 spiro atoms. The van der Waals surface area contributed by atoms with Gasteiger partial charge in [-0.2, -0.15) is 0 Å².